The molecule has 0 bridgehead atoms. The minimum Gasteiger partial charge on any atom is -0.463 e. The van der Waals surface area contributed by atoms with Gasteiger partial charge in [0.15, 0.2) is 9.47 Å². The maximum Gasteiger partial charge on any atom is 0.338 e. The predicted octanol–water partition coefficient (Wildman–Crippen LogP) is 5.71. The Labute approximate surface area is 231 Å². The first kappa shape index (κ1) is 25.0. The summed E-state index contributed by atoms with van der Waals surface area (Å²) in [6.45, 7) is 1.93. The van der Waals surface area contributed by atoms with E-state index in [1.54, 1.807) is 43.3 Å². The van der Waals surface area contributed by atoms with Crippen molar-refractivity contribution in [2.24, 2.45) is 4.99 Å². The molecule has 5 rings (SSSR count). The summed E-state index contributed by atoms with van der Waals surface area (Å²) < 4.78 is 14.3. The Hall–Kier alpha value is -2.72. The molecule has 0 aliphatic carbocycles. The highest BCUT2D eigenvalue weighted by molar-refractivity contribution is 9.13. The molecule has 0 radical (unpaired) electrons. The average molecular weight is 649 g/mol. The van der Waals surface area contributed by atoms with E-state index in [4.69, 9.17) is 25.7 Å². The third-order valence-corrected chi connectivity index (χ3v) is 8.44. The van der Waals surface area contributed by atoms with Crippen LogP contribution in [0.2, 0.25) is 5.02 Å². The number of aromatic nitrogens is 1. The molecule has 182 valence electrons. The molecule has 0 saturated heterocycles. The third-order valence-electron chi connectivity index (χ3n) is 5.50. The molecule has 0 amide bonds. The fourth-order valence-electron chi connectivity index (χ4n) is 3.96. The van der Waals surface area contributed by atoms with Crippen molar-refractivity contribution in [3.05, 3.63) is 117 Å². The number of hydrogen-bond donors (Lipinski definition) is 0. The van der Waals surface area contributed by atoms with Crippen LogP contribution in [0.4, 0.5) is 0 Å². The van der Waals surface area contributed by atoms with Crippen LogP contribution >= 0.6 is 54.8 Å². The number of ether oxygens (including phenoxy) is 1. The Balaban J connectivity index is 1.83. The Morgan fingerprint density at radius 3 is 2.56 bits per heavy atom. The van der Waals surface area contributed by atoms with Gasteiger partial charge in [-0.3, -0.25) is 9.36 Å². The second-order valence-corrected chi connectivity index (χ2v) is 10.8. The number of benzene rings is 2. The minimum atomic E-state index is -0.759. The summed E-state index contributed by atoms with van der Waals surface area (Å²) in [4.78, 5) is 32.4. The Morgan fingerprint density at radius 1 is 1.19 bits per heavy atom. The van der Waals surface area contributed by atoms with Gasteiger partial charge in [0.1, 0.15) is 5.76 Å². The number of hydrogen-bond acceptors (Lipinski definition) is 6. The van der Waals surface area contributed by atoms with Gasteiger partial charge in [0.25, 0.3) is 5.56 Å². The molecule has 10 heteroatoms. The summed E-state index contributed by atoms with van der Waals surface area (Å²) in [6.07, 6.45) is 1.66. The van der Waals surface area contributed by atoms with Gasteiger partial charge in [0.05, 0.1) is 32.9 Å². The topological polar surface area (TPSA) is 73.8 Å². The molecular weight excluding hydrogens is 632 g/mol. The van der Waals surface area contributed by atoms with E-state index in [-0.39, 0.29) is 17.7 Å². The second-order valence-electron chi connectivity index (χ2n) is 7.75. The van der Waals surface area contributed by atoms with Gasteiger partial charge in [0.2, 0.25) is 0 Å². The SMILES string of the molecule is CCOC(=O)C1=C(c2ccccc2)N=c2s/c(=C/c3cc(Br)c(Br)o3)c(=O)n2[C@H]1c1ccc(Cl)cc1. The van der Waals surface area contributed by atoms with E-state index in [0.29, 0.717) is 36.0 Å². The fraction of sp³-hybridized carbons (Fsp3) is 0.115. The lowest BCUT2D eigenvalue weighted by Gasteiger charge is -2.25. The molecule has 2 aromatic heterocycles. The van der Waals surface area contributed by atoms with Crippen molar-refractivity contribution in [3.8, 4) is 0 Å². The van der Waals surface area contributed by atoms with Crippen molar-refractivity contribution in [1.82, 2.24) is 4.57 Å². The van der Waals surface area contributed by atoms with Crippen LogP contribution in [0, 0.1) is 0 Å². The Bertz CT molecular complexity index is 1650. The zero-order valence-electron chi connectivity index (χ0n) is 18.7. The number of rotatable bonds is 5. The molecule has 0 fully saturated rings. The standard InChI is InChI=1S/C26H17Br2ClN2O4S/c1-2-34-25(33)20-21(14-6-4-3-5-7-14)30-26-31(22(20)15-8-10-16(29)11-9-15)24(32)19(36-26)13-17-12-18(27)23(28)35-17/h3-13,22H,2H2,1H3/b19-13+/t22-/m0/s1. The molecule has 1 aliphatic heterocycles. The second kappa shape index (κ2) is 10.3. The number of carbonyl (C=O) groups is 1. The molecule has 4 aromatic rings. The molecule has 0 N–H and O–H groups in total. The lowest BCUT2D eigenvalue weighted by Crippen LogP contribution is -2.40. The van der Waals surface area contributed by atoms with Gasteiger partial charge in [0, 0.05) is 16.7 Å². The van der Waals surface area contributed by atoms with Crippen LogP contribution in [0.25, 0.3) is 11.8 Å². The van der Waals surface area contributed by atoms with E-state index in [9.17, 15) is 9.59 Å². The number of fused-ring (bicyclic) bond motifs is 1. The molecule has 0 spiro atoms. The van der Waals surface area contributed by atoms with Crippen LogP contribution in [0.1, 0.15) is 29.9 Å². The lowest BCUT2D eigenvalue weighted by molar-refractivity contribution is -0.138. The van der Waals surface area contributed by atoms with Crippen LogP contribution in [0.5, 0.6) is 0 Å². The van der Waals surface area contributed by atoms with Gasteiger partial charge in [-0.15, -0.1) is 0 Å². The molecular formula is C26H17Br2ClN2O4S. The number of nitrogens with zero attached hydrogens (tertiary/aromatic N) is 2. The van der Waals surface area contributed by atoms with Crippen LogP contribution in [0.3, 0.4) is 0 Å². The van der Waals surface area contributed by atoms with Crippen LogP contribution < -0.4 is 14.9 Å². The summed E-state index contributed by atoms with van der Waals surface area (Å²) >= 11 is 14.1. The number of thiazole rings is 1. The van der Waals surface area contributed by atoms with Crippen molar-refractivity contribution in [1.29, 1.82) is 0 Å². The maximum absolute atomic E-state index is 13.7. The Kier molecular flexibility index (Phi) is 7.16. The van der Waals surface area contributed by atoms with Crippen LogP contribution in [0.15, 0.2) is 89.6 Å². The van der Waals surface area contributed by atoms with E-state index in [0.717, 1.165) is 10.0 Å². The first-order valence-electron chi connectivity index (χ1n) is 10.9. The summed E-state index contributed by atoms with van der Waals surface area (Å²) in [5.74, 6) is -0.0387. The van der Waals surface area contributed by atoms with E-state index in [2.05, 4.69) is 31.9 Å². The van der Waals surface area contributed by atoms with Gasteiger partial charge < -0.3 is 9.15 Å². The molecule has 1 aliphatic rings. The number of esters is 1. The van der Waals surface area contributed by atoms with Gasteiger partial charge in [-0.1, -0.05) is 65.4 Å². The van der Waals surface area contributed by atoms with Gasteiger partial charge in [-0.05, 0) is 62.5 Å². The predicted molar refractivity (Wildman–Crippen MR) is 147 cm³/mol. The zero-order chi connectivity index (χ0) is 25.4. The molecule has 3 heterocycles. The van der Waals surface area contributed by atoms with Gasteiger partial charge in [-0.25, -0.2) is 9.79 Å². The molecule has 0 saturated carbocycles. The molecule has 0 unspecified atom stereocenters. The smallest absolute Gasteiger partial charge is 0.338 e. The highest BCUT2D eigenvalue weighted by atomic mass is 79.9. The van der Waals surface area contributed by atoms with Gasteiger partial charge in [-0.2, -0.15) is 0 Å². The van der Waals surface area contributed by atoms with Crippen molar-refractivity contribution in [2.75, 3.05) is 6.61 Å². The number of furan rings is 1. The highest BCUT2D eigenvalue weighted by Crippen LogP contribution is 2.35. The normalized spacial score (nSPS) is 15.6. The van der Waals surface area contributed by atoms with E-state index in [1.807, 2.05) is 30.3 Å². The summed E-state index contributed by atoms with van der Waals surface area (Å²) in [7, 11) is 0. The van der Waals surface area contributed by atoms with Crippen LogP contribution in [-0.4, -0.2) is 17.1 Å². The van der Waals surface area contributed by atoms with Crippen LogP contribution in [-0.2, 0) is 9.53 Å². The minimum absolute atomic E-state index is 0.185. The van der Waals surface area contributed by atoms with Crippen molar-refractivity contribution < 1.29 is 13.9 Å². The zero-order valence-corrected chi connectivity index (χ0v) is 23.4. The average Bonchev–Trinajstić information content (AvgIpc) is 3.36. The fourth-order valence-corrected chi connectivity index (χ4v) is 5.68. The summed E-state index contributed by atoms with van der Waals surface area (Å²) in [5.41, 5.74) is 1.91. The van der Waals surface area contributed by atoms with Crippen molar-refractivity contribution in [2.45, 2.75) is 13.0 Å². The largest absolute Gasteiger partial charge is 0.463 e. The molecule has 6 nitrogen and oxygen atoms in total. The molecule has 2 aromatic carbocycles. The number of halogens is 3. The third kappa shape index (κ3) is 4.68. The highest BCUT2D eigenvalue weighted by Gasteiger charge is 2.35. The van der Waals surface area contributed by atoms with E-state index < -0.39 is 12.0 Å². The number of carbonyl (C=O) groups excluding carboxylic acids is 1. The molecule has 36 heavy (non-hydrogen) atoms. The molecule has 1 atom stereocenters. The van der Waals surface area contributed by atoms with Crippen molar-refractivity contribution in [3.63, 3.8) is 0 Å². The maximum atomic E-state index is 13.7. The van der Waals surface area contributed by atoms with E-state index >= 15 is 0 Å². The summed E-state index contributed by atoms with van der Waals surface area (Å²) in [5, 5.41) is 0.546. The van der Waals surface area contributed by atoms with Gasteiger partial charge >= 0.3 is 5.97 Å². The first-order chi connectivity index (χ1) is 17.4. The monoisotopic (exact) mass is 646 g/mol. The summed E-state index contributed by atoms with van der Waals surface area (Å²) in [6, 6.07) is 17.5. The lowest BCUT2D eigenvalue weighted by atomic mass is 9.93. The van der Waals surface area contributed by atoms with E-state index in [1.165, 1.54) is 15.9 Å². The van der Waals surface area contributed by atoms with Crippen molar-refractivity contribution >= 4 is 72.5 Å². The first-order valence-corrected chi connectivity index (χ1v) is 13.6. The Morgan fingerprint density at radius 2 is 1.92 bits per heavy atom. The quantitative estimate of drug-likeness (QED) is 0.260.